The van der Waals surface area contributed by atoms with E-state index < -0.39 is 15.9 Å². The average Bonchev–Trinajstić information content (AvgIpc) is 2.82. The van der Waals surface area contributed by atoms with Gasteiger partial charge in [-0.15, -0.1) is 0 Å². The summed E-state index contributed by atoms with van der Waals surface area (Å²) in [6, 6.07) is 9.14. The van der Waals surface area contributed by atoms with Crippen LogP contribution >= 0.6 is 0 Å². The molecule has 1 saturated carbocycles. The van der Waals surface area contributed by atoms with Crippen molar-refractivity contribution in [1.29, 1.82) is 0 Å². The Hall–Kier alpha value is -0.870. The summed E-state index contributed by atoms with van der Waals surface area (Å²) >= 11 is 0. The van der Waals surface area contributed by atoms with E-state index >= 15 is 0 Å². The molecule has 2 rings (SSSR count). The van der Waals surface area contributed by atoms with Gasteiger partial charge in [-0.3, -0.25) is 0 Å². The molecule has 1 aromatic rings. The minimum atomic E-state index is -3.22. The summed E-state index contributed by atoms with van der Waals surface area (Å²) in [6.07, 6.45) is 3.45. The molecule has 1 aliphatic rings. The van der Waals surface area contributed by atoms with Crippen LogP contribution in [0.4, 0.5) is 0 Å². The van der Waals surface area contributed by atoms with E-state index in [9.17, 15) is 13.5 Å². The molecule has 1 aromatic carbocycles. The number of rotatable bonds is 5. The van der Waals surface area contributed by atoms with Crippen molar-refractivity contribution in [2.24, 2.45) is 5.92 Å². The van der Waals surface area contributed by atoms with E-state index in [4.69, 9.17) is 0 Å². The van der Waals surface area contributed by atoms with Gasteiger partial charge in [-0.1, -0.05) is 43.2 Å². The summed E-state index contributed by atoms with van der Waals surface area (Å²) in [5, 5.41) is 9.98. The average molecular weight is 268 g/mol. The second-order valence-electron chi connectivity index (χ2n) is 5.15. The monoisotopic (exact) mass is 268 g/mol. The fourth-order valence-electron chi connectivity index (χ4n) is 2.63. The fourth-order valence-corrected chi connectivity index (χ4v) is 4.24. The molecular formula is C14H20O3S. The third-order valence-corrected chi connectivity index (χ3v) is 5.22. The lowest BCUT2D eigenvalue weighted by Crippen LogP contribution is -2.28. The van der Waals surface area contributed by atoms with E-state index in [1.54, 1.807) is 12.1 Å². The van der Waals surface area contributed by atoms with E-state index in [-0.39, 0.29) is 17.4 Å². The van der Waals surface area contributed by atoms with Crippen molar-refractivity contribution in [3.8, 4) is 0 Å². The standard InChI is InChI=1S/C14H20O3S/c15-14(13-8-4-5-9-13)11-18(16,17)10-12-6-2-1-3-7-12/h1-3,6-7,13-15H,4-5,8-11H2/t14-/m1/s1. The predicted octanol–water partition coefficient (Wildman–Crippen LogP) is 2.15. The minimum Gasteiger partial charge on any atom is -0.392 e. The van der Waals surface area contributed by atoms with Crippen molar-refractivity contribution in [2.45, 2.75) is 37.5 Å². The molecule has 18 heavy (non-hydrogen) atoms. The van der Waals surface area contributed by atoms with Crippen LogP contribution < -0.4 is 0 Å². The van der Waals surface area contributed by atoms with Crippen LogP contribution in [-0.4, -0.2) is 25.4 Å². The topological polar surface area (TPSA) is 54.4 Å². The normalized spacial score (nSPS) is 18.9. The highest BCUT2D eigenvalue weighted by Gasteiger charge is 2.27. The molecule has 1 aliphatic carbocycles. The van der Waals surface area contributed by atoms with Gasteiger partial charge in [-0.05, 0) is 24.3 Å². The molecule has 0 saturated heterocycles. The van der Waals surface area contributed by atoms with Crippen molar-refractivity contribution < 1.29 is 13.5 Å². The Bertz CT molecular complexity index is 461. The zero-order chi connectivity index (χ0) is 13.0. The first-order valence-corrected chi connectivity index (χ1v) is 8.31. The van der Waals surface area contributed by atoms with E-state index in [0.717, 1.165) is 31.2 Å². The van der Waals surface area contributed by atoms with Crippen molar-refractivity contribution in [2.75, 3.05) is 5.75 Å². The minimum absolute atomic E-state index is 0.0254. The smallest absolute Gasteiger partial charge is 0.156 e. The van der Waals surface area contributed by atoms with Gasteiger partial charge in [0.1, 0.15) is 0 Å². The summed E-state index contributed by atoms with van der Waals surface area (Å²) < 4.78 is 24.0. The van der Waals surface area contributed by atoms with Crippen LogP contribution in [0, 0.1) is 5.92 Å². The zero-order valence-electron chi connectivity index (χ0n) is 10.5. The lowest BCUT2D eigenvalue weighted by Gasteiger charge is -2.17. The summed E-state index contributed by atoms with van der Waals surface area (Å²) in [7, 11) is -3.22. The Morgan fingerprint density at radius 3 is 2.39 bits per heavy atom. The third-order valence-electron chi connectivity index (χ3n) is 3.60. The maximum absolute atomic E-state index is 12.0. The molecular weight excluding hydrogens is 248 g/mol. The van der Waals surface area contributed by atoms with Crippen molar-refractivity contribution in [1.82, 2.24) is 0 Å². The van der Waals surface area contributed by atoms with Crippen molar-refractivity contribution in [3.05, 3.63) is 35.9 Å². The van der Waals surface area contributed by atoms with Crippen LogP contribution in [-0.2, 0) is 15.6 Å². The molecule has 0 aromatic heterocycles. The van der Waals surface area contributed by atoms with Crippen LogP contribution in [0.1, 0.15) is 31.2 Å². The molecule has 0 heterocycles. The zero-order valence-corrected chi connectivity index (χ0v) is 11.3. The SMILES string of the molecule is O=S(=O)(Cc1ccccc1)C[C@@H](O)C1CCCC1. The van der Waals surface area contributed by atoms with Crippen LogP contribution in [0.5, 0.6) is 0 Å². The van der Waals surface area contributed by atoms with Gasteiger partial charge in [-0.2, -0.15) is 0 Å². The van der Waals surface area contributed by atoms with Crippen molar-refractivity contribution in [3.63, 3.8) is 0 Å². The molecule has 1 N–H and O–H groups in total. The van der Waals surface area contributed by atoms with E-state index in [2.05, 4.69) is 0 Å². The lowest BCUT2D eigenvalue weighted by atomic mass is 10.0. The Morgan fingerprint density at radius 2 is 1.78 bits per heavy atom. The third kappa shape index (κ3) is 3.82. The number of aliphatic hydroxyl groups is 1. The predicted molar refractivity (Wildman–Crippen MR) is 71.9 cm³/mol. The van der Waals surface area contributed by atoms with Gasteiger partial charge in [0.25, 0.3) is 0 Å². The van der Waals surface area contributed by atoms with Gasteiger partial charge < -0.3 is 5.11 Å². The molecule has 0 bridgehead atoms. The first-order valence-electron chi connectivity index (χ1n) is 6.49. The van der Waals surface area contributed by atoms with E-state index in [1.165, 1.54) is 0 Å². The quantitative estimate of drug-likeness (QED) is 0.890. The number of sulfone groups is 1. The molecule has 100 valence electrons. The number of benzene rings is 1. The number of hydrogen-bond donors (Lipinski definition) is 1. The van der Waals surface area contributed by atoms with Gasteiger partial charge in [-0.25, -0.2) is 8.42 Å². The maximum atomic E-state index is 12.0. The Balaban J connectivity index is 1.94. The Kier molecular flexibility index (Phi) is 4.40. The van der Waals surface area contributed by atoms with Gasteiger partial charge in [0, 0.05) is 0 Å². The van der Waals surface area contributed by atoms with E-state index in [0.29, 0.717) is 0 Å². The molecule has 0 unspecified atom stereocenters. The summed E-state index contributed by atoms with van der Waals surface area (Å²) in [4.78, 5) is 0. The maximum Gasteiger partial charge on any atom is 0.156 e. The summed E-state index contributed by atoms with van der Waals surface area (Å²) in [5.74, 6) is 0.0972. The lowest BCUT2D eigenvalue weighted by molar-refractivity contribution is 0.131. The van der Waals surface area contributed by atoms with Gasteiger partial charge in [0.2, 0.25) is 0 Å². The highest BCUT2D eigenvalue weighted by molar-refractivity contribution is 7.90. The first-order chi connectivity index (χ1) is 8.57. The molecule has 4 heteroatoms. The van der Waals surface area contributed by atoms with Gasteiger partial charge >= 0.3 is 0 Å². The summed E-state index contributed by atoms with van der Waals surface area (Å²) in [5.41, 5.74) is 0.788. The second kappa shape index (κ2) is 5.85. The highest BCUT2D eigenvalue weighted by Crippen LogP contribution is 2.28. The van der Waals surface area contributed by atoms with Gasteiger partial charge in [0.15, 0.2) is 9.84 Å². The molecule has 1 fully saturated rings. The fraction of sp³-hybridized carbons (Fsp3) is 0.571. The molecule has 0 aliphatic heterocycles. The Labute approximate surface area is 109 Å². The van der Waals surface area contributed by atoms with E-state index in [1.807, 2.05) is 18.2 Å². The van der Waals surface area contributed by atoms with Crippen LogP contribution in [0.25, 0.3) is 0 Å². The second-order valence-corrected chi connectivity index (χ2v) is 7.26. The van der Waals surface area contributed by atoms with Crippen LogP contribution in [0.2, 0.25) is 0 Å². The van der Waals surface area contributed by atoms with Crippen LogP contribution in [0.15, 0.2) is 30.3 Å². The summed E-state index contributed by atoms with van der Waals surface area (Å²) in [6.45, 7) is 0. The largest absolute Gasteiger partial charge is 0.392 e. The highest BCUT2D eigenvalue weighted by atomic mass is 32.2. The first kappa shape index (κ1) is 13.6. The number of hydrogen-bond acceptors (Lipinski definition) is 3. The Morgan fingerprint density at radius 1 is 1.17 bits per heavy atom. The molecule has 1 atom stereocenters. The molecule has 0 spiro atoms. The number of aliphatic hydroxyl groups excluding tert-OH is 1. The molecule has 0 radical (unpaired) electrons. The van der Waals surface area contributed by atoms with Gasteiger partial charge in [0.05, 0.1) is 17.6 Å². The van der Waals surface area contributed by atoms with Crippen LogP contribution in [0.3, 0.4) is 0 Å². The van der Waals surface area contributed by atoms with Crippen molar-refractivity contribution >= 4 is 9.84 Å². The molecule has 0 amide bonds. The molecule has 3 nitrogen and oxygen atoms in total.